The Morgan fingerprint density at radius 2 is 2.00 bits per heavy atom. The van der Waals surface area contributed by atoms with Crippen molar-refractivity contribution in [2.45, 2.75) is 25.5 Å². The van der Waals surface area contributed by atoms with Crippen LogP contribution >= 0.6 is 20.1 Å². The Hall–Kier alpha value is -1.53. The van der Waals surface area contributed by atoms with E-state index in [1.54, 1.807) is 0 Å². The molecule has 172 valence electrons. The van der Waals surface area contributed by atoms with Crippen molar-refractivity contribution in [1.29, 1.82) is 0 Å². The average molecular weight is 549 g/mol. The third-order valence-electron chi connectivity index (χ3n) is 6.32. The van der Waals surface area contributed by atoms with Crippen molar-refractivity contribution in [2.24, 2.45) is 26.7 Å². The number of hydrogen-bond donors (Lipinski definition) is 2. The molecular formula is C21H30F2IN5O2. The Morgan fingerprint density at radius 3 is 2.61 bits per heavy atom. The number of morpholine rings is 1. The van der Waals surface area contributed by atoms with Crippen LogP contribution in [-0.2, 0) is 4.74 Å². The van der Waals surface area contributed by atoms with Gasteiger partial charge in [0, 0.05) is 0 Å². The zero-order chi connectivity index (χ0) is 22.1. The SMILES string of the molecule is CI(C)N=C(C=C(N)c1cnc(N)c(OC(F)F)c1)C1C2CC(N3CCOCC3)CC21. The molecule has 0 bridgehead atoms. The van der Waals surface area contributed by atoms with Gasteiger partial charge in [-0.1, -0.05) is 0 Å². The average Bonchev–Trinajstić information content (AvgIpc) is 3.22. The number of aromatic nitrogens is 1. The first-order valence-corrected chi connectivity index (χ1v) is 15.7. The Labute approximate surface area is 189 Å². The first-order chi connectivity index (χ1) is 14.8. The number of fused-ring (bicyclic) bond motifs is 1. The van der Waals surface area contributed by atoms with Gasteiger partial charge in [-0.15, -0.1) is 0 Å². The van der Waals surface area contributed by atoms with Crippen LogP contribution in [0.2, 0.25) is 0 Å². The molecule has 1 aromatic rings. The first-order valence-electron chi connectivity index (χ1n) is 10.4. The van der Waals surface area contributed by atoms with Crippen molar-refractivity contribution < 1.29 is 18.3 Å². The number of rotatable bonds is 7. The van der Waals surface area contributed by atoms with Crippen LogP contribution in [0.15, 0.2) is 21.5 Å². The molecule has 10 heteroatoms. The molecule has 31 heavy (non-hydrogen) atoms. The normalized spacial score (nSPS) is 29.8. The van der Waals surface area contributed by atoms with Gasteiger partial charge in [0.05, 0.1) is 0 Å². The molecule has 7 nitrogen and oxygen atoms in total. The van der Waals surface area contributed by atoms with Gasteiger partial charge in [0.15, 0.2) is 0 Å². The van der Waals surface area contributed by atoms with Crippen molar-refractivity contribution in [3.63, 3.8) is 0 Å². The number of anilines is 1. The van der Waals surface area contributed by atoms with Crippen LogP contribution in [0.1, 0.15) is 18.4 Å². The van der Waals surface area contributed by atoms with E-state index in [0.717, 1.165) is 32.0 Å². The summed E-state index contributed by atoms with van der Waals surface area (Å²) in [7, 11) is 0. The summed E-state index contributed by atoms with van der Waals surface area (Å²) < 4.78 is 40.2. The molecule has 1 aromatic heterocycles. The van der Waals surface area contributed by atoms with Gasteiger partial charge in [-0.25, -0.2) is 0 Å². The molecule has 4 N–H and O–H groups in total. The molecule has 2 heterocycles. The van der Waals surface area contributed by atoms with Crippen LogP contribution < -0.4 is 16.2 Å². The maximum absolute atomic E-state index is 12.6. The van der Waals surface area contributed by atoms with Crippen molar-refractivity contribution in [3.8, 4) is 5.75 Å². The summed E-state index contributed by atoms with van der Waals surface area (Å²) >= 11 is -1.39. The van der Waals surface area contributed by atoms with Gasteiger partial charge < -0.3 is 0 Å². The molecular weight excluding hydrogens is 519 g/mol. The zero-order valence-corrected chi connectivity index (χ0v) is 20.0. The van der Waals surface area contributed by atoms with Crippen LogP contribution in [0, 0.1) is 17.8 Å². The molecule has 1 aliphatic heterocycles. The van der Waals surface area contributed by atoms with E-state index in [0.29, 0.717) is 35.1 Å². The minimum absolute atomic E-state index is 0.0906. The second-order valence-corrected chi connectivity index (χ2v) is 13.0. The molecule has 2 atom stereocenters. The second-order valence-electron chi connectivity index (χ2n) is 8.44. The molecule has 2 unspecified atom stereocenters. The second kappa shape index (κ2) is 9.53. The van der Waals surface area contributed by atoms with E-state index in [2.05, 4.69) is 24.5 Å². The minimum atomic E-state index is -2.97. The standard InChI is InChI=1S/C21H30F2IN5O2/c1-24(2)28-17(10-16(25)12-7-18(31-21(22)23)20(26)27-11-12)19-14-8-13(9-15(14)19)29-3-5-30-6-4-29/h7,10-11,13-15,19,21H,3-6,8-9,25H2,1-2H3,(H2,26,27). The van der Waals surface area contributed by atoms with Crippen LogP contribution in [0.5, 0.6) is 5.75 Å². The molecule has 1 saturated heterocycles. The molecule has 0 aromatic carbocycles. The monoisotopic (exact) mass is 549 g/mol. The number of nitrogens with two attached hydrogens (primary N) is 2. The van der Waals surface area contributed by atoms with Crippen molar-refractivity contribution in [2.75, 3.05) is 41.9 Å². The number of halogens is 3. The summed E-state index contributed by atoms with van der Waals surface area (Å²) in [5, 5.41) is 0. The molecule has 0 amide bonds. The number of nitrogen functional groups attached to an aromatic ring is 1. The van der Waals surface area contributed by atoms with E-state index in [9.17, 15) is 8.78 Å². The first kappa shape index (κ1) is 22.7. The van der Waals surface area contributed by atoms with Gasteiger partial charge in [-0.2, -0.15) is 0 Å². The summed E-state index contributed by atoms with van der Waals surface area (Å²) in [6, 6.07) is 2.06. The predicted molar refractivity (Wildman–Crippen MR) is 127 cm³/mol. The zero-order valence-electron chi connectivity index (χ0n) is 17.8. The maximum atomic E-state index is 12.6. The topological polar surface area (TPSA) is 99.0 Å². The fourth-order valence-electron chi connectivity index (χ4n) is 4.91. The number of allylic oxidation sites excluding steroid dienone is 1. The third-order valence-corrected chi connectivity index (χ3v) is 7.85. The van der Waals surface area contributed by atoms with Crippen LogP contribution in [-0.4, -0.2) is 64.4 Å². The summed E-state index contributed by atoms with van der Waals surface area (Å²) in [6.45, 7) is 0.728. The quantitative estimate of drug-likeness (QED) is 0.308. The predicted octanol–water partition coefficient (Wildman–Crippen LogP) is 3.04. The van der Waals surface area contributed by atoms with Crippen molar-refractivity contribution in [3.05, 3.63) is 23.9 Å². The van der Waals surface area contributed by atoms with E-state index in [4.69, 9.17) is 19.4 Å². The summed E-state index contributed by atoms with van der Waals surface area (Å²) in [5.41, 5.74) is 14.0. The van der Waals surface area contributed by atoms with E-state index in [1.165, 1.54) is 25.1 Å². The fraction of sp³-hybridized carbons (Fsp3) is 0.619. The number of pyridine rings is 1. The number of ether oxygens (including phenoxy) is 2. The van der Waals surface area contributed by atoms with E-state index < -0.39 is 26.7 Å². The van der Waals surface area contributed by atoms with Gasteiger partial charge in [0.1, 0.15) is 0 Å². The molecule has 2 saturated carbocycles. The third kappa shape index (κ3) is 5.28. The fourth-order valence-corrected chi connectivity index (χ4v) is 6.48. The molecule has 0 spiro atoms. The van der Waals surface area contributed by atoms with Crippen LogP contribution in [0.4, 0.5) is 14.6 Å². The molecule has 0 radical (unpaired) electrons. The molecule has 2 aliphatic carbocycles. The number of hydrogen-bond acceptors (Lipinski definition) is 7. The Morgan fingerprint density at radius 1 is 1.32 bits per heavy atom. The Balaban J connectivity index is 1.48. The van der Waals surface area contributed by atoms with Gasteiger partial charge in [-0.3, -0.25) is 0 Å². The Kier molecular flexibility index (Phi) is 6.97. The summed E-state index contributed by atoms with van der Waals surface area (Å²) in [6.07, 6.45) is 5.77. The van der Waals surface area contributed by atoms with Gasteiger partial charge in [-0.05, 0) is 0 Å². The number of nitrogens with zero attached hydrogens (tertiary/aromatic N) is 3. The summed E-state index contributed by atoms with van der Waals surface area (Å²) in [5.74, 6) is 1.47. The number of alkyl halides is 4. The van der Waals surface area contributed by atoms with Crippen LogP contribution in [0.3, 0.4) is 0 Å². The van der Waals surface area contributed by atoms with Crippen molar-refractivity contribution in [1.82, 2.24) is 9.88 Å². The molecule has 4 rings (SSSR count). The summed E-state index contributed by atoms with van der Waals surface area (Å²) in [4.78, 5) is 10.9. The molecule has 3 aliphatic rings. The van der Waals surface area contributed by atoms with Gasteiger partial charge >= 0.3 is 189 Å². The molecule has 3 fully saturated rings. The van der Waals surface area contributed by atoms with Gasteiger partial charge in [0.2, 0.25) is 0 Å². The van der Waals surface area contributed by atoms with E-state index in [1.807, 2.05) is 6.08 Å². The van der Waals surface area contributed by atoms with Gasteiger partial charge in [0.25, 0.3) is 0 Å². The van der Waals surface area contributed by atoms with E-state index in [-0.39, 0.29) is 11.6 Å². The van der Waals surface area contributed by atoms with E-state index >= 15 is 0 Å². The Bertz CT molecular complexity index is 848. The van der Waals surface area contributed by atoms with Crippen LogP contribution in [0.25, 0.3) is 5.70 Å². The van der Waals surface area contributed by atoms with Crippen molar-refractivity contribution >= 4 is 37.3 Å².